The predicted molar refractivity (Wildman–Crippen MR) is 86.6 cm³/mol. The molecule has 0 amide bonds. The van der Waals surface area contributed by atoms with E-state index in [2.05, 4.69) is 20.3 Å². The quantitative estimate of drug-likeness (QED) is 0.671. The molecule has 7 nitrogen and oxygen atoms in total. The molecule has 0 fully saturated rings. The van der Waals surface area contributed by atoms with Crippen LogP contribution in [0, 0.1) is 0 Å². The molecule has 0 aliphatic carbocycles. The van der Waals surface area contributed by atoms with Crippen LogP contribution in [-0.4, -0.2) is 19.4 Å². The Hall–Kier alpha value is -2.09. The zero-order valence-corrected chi connectivity index (χ0v) is 12.9. The molecular weight excluding hydrogens is 325 g/mol. The van der Waals surface area contributed by atoms with E-state index >= 15 is 0 Å². The van der Waals surface area contributed by atoms with E-state index in [4.69, 9.17) is 34.7 Å². The van der Waals surface area contributed by atoms with Gasteiger partial charge in [0.25, 0.3) is 0 Å². The van der Waals surface area contributed by atoms with E-state index in [1.807, 2.05) is 6.20 Å². The fourth-order valence-corrected chi connectivity index (χ4v) is 2.58. The van der Waals surface area contributed by atoms with E-state index in [0.717, 1.165) is 11.3 Å². The average Bonchev–Trinajstić information content (AvgIpc) is 2.84. The van der Waals surface area contributed by atoms with Crippen molar-refractivity contribution in [3.8, 4) is 0 Å². The summed E-state index contributed by atoms with van der Waals surface area (Å²) in [7, 11) is 0. The van der Waals surface area contributed by atoms with Crippen molar-refractivity contribution in [3.63, 3.8) is 0 Å². The maximum absolute atomic E-state index is 6.11. The summed E-state index contributed by atoms with van der Waals surface area (Å²) in [6.45, 7) is 1.05. The minimum Gasteiger partial charge on any atom is -0.383 e. The molecule has 0 aliphatic heterocycles. The molecule has 5 N–H and O–H groups in total. The van der Waals surface area contributed by atoms with Gasteiger partial charge >= 0.3 is 0 Å². The van der Waals surface area contributed by atoms with Crippen LogP contribution in [-0.2, 0) is 13.1 Å². The Balaban J connectivity index is 1.70. The van der Waals surface area contributed by atoms with Gasteiger partial charge in [-0.1, -0.05) is 23.2 Å². The number of hydrogen-bond donors (Lipinski definition) is 3. The second kappa shape index (κ2) is 5.96. The summed E-state index contributed by atoms with van der Waals surface area (Å²) >= 11 is 12.1. The van der Waals surface area contributed by atoms with Gasteiger partial charge in [-0.25, -0.2) is 9.97 Å². The highest BCUT2D eigenvalue weighted by molar-refractivity contribution is 6.36. The van der Waals surface area contributed by atoms with Gasteiger partial charge in [-0.15, -0.1) is 0 Å². The maximum atomic E-state index is 6.11. The fraction of sp³-hybridized carbons (Fsp3) is 0.154. The van der Waals surface area contributed by atoms with Gasteiger partial charge in [0.15, 0.2) is 5.65 Å². The third kappa shape index (κ3) is 3.06. The lowest BCUT2D eigenvalue weighted by Gasteiger charge is -2.05. The van der Waals surface area contributed by atoms with Crippen LogP contribution in [0.1, 0.15) is 11.3 Å². The number of imidazole rings is 1. The first-order chi connectivity index (χ1) is 10.5. The zero-order valence-electron chi connectivity index (χ0n) is 11.4. The minimum absolute atomic E-state index is 0.160. The molecule has 0 unspecified atom stereocenters. The number of nitrogens with two attached hydrogens (primary N) is 2. The number of halogens is 2. The van der Waals surface area contributed by atoms with E-state index < -0.39 is 0 Å². The Morgan fingerprint density at radius 1 is 1.14 bits per heavy atom. The van der Waals surface area contributed by atoms with Crippen molar-refractivity contribution in [1.82, 2.24) is 24.7 Å². The van der Waals surface area contributed by atoms with Crippen LogP contribution >= 0.6 is 23.2 Å². The summed E-state index contributed by atoms with van der Waals surface area (Å²) in [6.07, 6.45) is 5.22. The Labute approximate surface area is 136 Å². The minimum atomic E-state index is 0.160. The number of rotatable bonds is 4. The van der Waals surface area contributed by atoms with Crippen LogP contribution < -0.4 is 16.8 Å². The van der Waals surface area contributed by atoms with Crippen molar-refractivity contribution < 1.29 is 0 Å². The van der Waals surface area contributed by atoms with Gasteiger partial charge in [0.2, 0.25) is 5.95 Å². The number of anilines is 2. The number of pyridine rings is 1. The molecule has 9 heteroatoms. The van der Waals surface area contributed by atoms with Crippen molar-refractivity contribution in [2.45, 2.75) is 13.1 Å². The third-order valence-corrected chi connectivity index (χ3v) is 3.55. The van der Waals surface area contributed by atoms with Crippen molar-refractivity contribution in [3.05, 3.63) is 46.0 Å². The molecular formula is C13H13Cl2N7. The highest BCUT2D eigenvalue weighted by Gasteiger charge is 2.07. The Morgan fingerprint density at radius 2 is 1.95 bits per heavy atom. The average molecular weight is 338 g/mol. The number of aromatic nitrogens is 4. The Morgan fingerprint density at radius 3 is 2.73 bits per heavy atom. The molecule has 3 aromatic heterocycles. The highest BCUT2D eigenvalue weighted by Crippen LogP contribution is 2.21. The SMILES string of the molecule is Nc1ncc(CNCc2cn3cc(Cl)cc(Cl)c3n2)c(N)n1. The molecule has 0 radical (unpaired) electrons. The van der Waals surface area contributed by atoms with Crippen LogP contribution in [0.25, 0.3) is 5.65 Å². The molecule has 0 aliphatic rings. The number of hydrogen-bond acceptors (Lipinski definition) is 6. The summed E-state index contributed by atoms with van der Waals surface area (Å²) in [5.74, 6) is 0.526. The summed E-state index contributed by atoms with van der Waals surface area (Å²) < 4.78 is 1.79. The van der Waals surface area contributed by atoms with E-state index in [1.54, 1.807) is 22.9 Å². The molecule has 0 saturated carbocycles. The van der Waals surface area contributed by atoms with Crippen LogP contribution in [0.3, 0.4) is 0 Å². The first-order valence-electron chi connectivity index (χ1n) is 6.43. The number of nitrogen functional groups attached to an aromatic ring is 2. The highest BCUT2D eigenvalue weighted by atomic mass is 35.5. The van der Waals surface area contributed by atoms with Gasteiger partial charge in [-0.05, 0) is 6.07 Å². The Bertz CT molecular complexity index is 831. The lowest BCUT2D eigenvalue weighted by atomic mass is 10.3. The van der Waals surface area contributed by atoms with E-state index in [9.17, 15) is 0 Å². The summed E-state index contributed by atoms with van der Waals surface area (Å²) in [4.78, 5) is 12.3. The van der Waals surface area contributed by atoms with E-state index in [0.29, 0.717) is 34.6 Å². The fourth-order valence-electron chi connectivity index (χ4n) is 2.06. The van der Waals surface area contributed by atoms with Crippen LogP contribution in [0.5, 0.6) is 0 Å². The molecule has 22 heavy (non-hydrogen) atoms. The second-order valence-electron chi connectivity index (χ2n) is 4.71. The van der Waals surface area contributed by atoms with E-state index in [1.165, 1.54) is 0 Å². The largest absolute Gasteiger partial charge is 0.383 e. The van der Waals surface area contributed by atoms with Crippen molar-refractivity contribution in [2.24, 2.45) is 0 Å². The molecule has 0 bridgehead atoms. The normalized spacial score (nSPS) is 11.2. The molecule has 0 saturated heterocycles. The zero-order chi connectivity index (χ0) is 15.7. The molecule has 0 spiro atoms. The maximum Gasteiger partial charge on any atom is 0.221 e. The van der Waals surface area contributed by atoms with Gasteiger partial charge in [0, 0.05) is 37.2 Å². The topological polar surface area (TPSA) is 107 Å². The van der Waals surface area contributed by atoms with E-state index in [-0.39, 0.29) is 5.95 Å². The van der Waals surface area contributed by atoms with Crippen molar-refractivity contribution in [2.75, 3.05) is 11.5 Å². The first kappa shape index (κ1) is 14.8. The first-order valence-corrected chi connectivity index (χ1v) is 7.19. The molecule has 3 rings (SSSR count). The Kier molecular flexibility index (Phi) is 4.02. The van der Waals surface area contributed by atoms with Crippen LogP contribution in [0.4, 0.5) is 11.8 Å². The molecule has 3 heterocycles. The third-order valence-electron chi connectivity index (χ3n) is 3.06. The van der Waals surface area contributed by atoms with Crippen LogP contribution in [0.15, 0.2) is 24.7 Å². The molecule has 0 atom stereocenters. The van der Waals surface area contributed by atoms with Gasteiger partial charge in [0.1, 0.15) is 5.82 Å². The number of fused-ring (bicyclic) bond motifs is 1. The number of nitrogens with one attached hydrogen (secondary N) is 1. The van der Waals surface area contributed by atoms with Crippen molar-refractivity contribution >= 4 is 40.6 Å². The molecule has 3 aromatic rings. The summed E-state index contributed by atoms with van der Waals surface area (Å²) in [5, 5.41) is 4.29. The predicted octanol–water partition coefficient (Wildman–Crippen LogP) is 1.89. The molecule has 114 valence electrons. The number of nitrogens with zero attached hydrogens (tertiary/aromatic N) is 4. The smallest absolute Gasteiger partial charge is 0.221 e. The summed E-state index contributed by atoms with van der Waals surface area (Å²) in [6, 6.07) is 1.66. The van der Waals surface area contributed by atoms with Crippen molar-refractivity contribution in [1.29, 1.82) is 0 Å². The van der Waals surface area contributed by atoms with Gasteiger partial charge in [-0.3, -0.25) is 0 Å². The van der Waals surface area contributed by atoms with Gasteiger partial charge in [-0.2, -0.15) is 4.98 Å². The van der Waals surface area contributed by atoms with Gasteiger partial charge in [0.05, 0.1) is 15.7 Å². The lowest BCUT2D eigenvalue weighted by Crippen LogP contribution is -2.15. The van der Waals surface area contributed by atoms with Gasteiger partial charge < -0.3 is 21.2 Å². The second-order valence-corrected chi connectivity index (χ2v) is 5.56. The standard InChI is InChI=1S/C13H13Cl2N7/c14-8-1-10(15)12-20-9(6-22(12)5-8)4-18-2-7-3-19-13(17)21-11(7)16/h1,3,5-6,18H,2,4H2,(H4,16,17,19,21). The summed E-state index contributed by atoms with van der Waals surface area (Å²) in [5.41, 5.74) is 13.5. The monoisotopic (exact) mass is 337 g/mol. The van der Waals surface area contributed by atoms with Crippen LogP contribution in [0.2, 0.25) is 10.0 Å². The molecule has 0 aromatic carbocycles. The lowest BCUT2D eigenvalue weighted by molar-refractivity contribution is 0.680.